The van der Waals surface area contributed by atoms with Crippen LogP contribution < -0.4 is 5.46 Å². The van der Waals surface area contributed by atoms with Crippen molar-refractivity contribution in [3.05, 3.63) is 29.8 Å². The van der Waals surface area contributed by atoms with Gasteiger partial charge in [-0.2, -0.15) is 0 Å². The molecule has 0 radical (unpaired) electrons. The molecule has 0 saturated heterocycles. The Bertz CT molecular complexity index is 230. The molecule has 13 heavy (non-hydrogen) atoms. The van der Waals surface area contributed by atoms with Crippen LogP contribution in [0.4, 0.5) is 0 Å². The van der Waals surface area contributed by atoms with Crippen LogP contribution in [0.5, 0.6) is 0 Å². The van der Waals surface area contributed by atoms with E-state index in [2.05, 4.69) is 39.0 Å². The predicted octanol–water partition coefficient (Wildman–Crippen LogP) is 0.914. The zero-order chi connectivity index (χ0) is 9.52. The molecule has 0 spiro atoms. The fraction of sp³-hybridized carbons (Fsp3) is 0.455. The van der Waals surface area contributed by atoms with Crippen LogP contribution in [-0.4, -0.2) is 21.1 Å². The van der Waals surface area contributed by atoms with Crippen LogP contribution in [-0.2, 0) is 11.2 Å². The molecule has 0 bridgehead atoms. The van der Waals surface area contributed by atoms with Crippen LogP contribution in [0.25, 0.3) is 0 Å². The molecule has 1 aromatic rings. The van der Waals surface area contributed by atoms with Gasteiger partial charge >= 0.3 is 0 Å². The van der Waals surface area contributed by atoms with Crippen LogP contribution in [0, 0.1) is 0 Å². The summed E-state index contributed by atoms with van der Waals surface area (Å²) in [4.78, 5) is 0. The molecule has 0 fully saturated rings. The van der Waals surface area contributed by atoms with Crippen molar-refractivity contribution >= 4 is 13.3 Å². The molecular weight excluding hydrogens is 159 g/mol. The van der Waals surface area contributed by atoms with Crippen molar-refractivity contribution in [1.82, 2.24) is 0 Å². The van der Waals surface area contributed by atoms with E-state index in [-0.39, 0.29) is 0 Å². The highest BCUT2D eigenvalue weighted by molar-refractivity contribution is 6.32. The normalized spacial score (nSPS) is 10.2. The van der Waals surface area contributed by atoms with Crippen LogP contribution in [0.3, 0.4) is 0 Å². The van der Waals surface area contributed by atoms with E-state index in [1.165, 1.54) is 11.0 Å². The van der Waals surface area contributed by atoms with Gasteiger partial charge in [-0.3, -0.25) is 0 Å². The van der Waals surface area contributed by atoms with E-state index in [1.807, 2.05) is 0 Å². The third kappa shape index (κ3) is 4.14. The summed E-state index contributed by atoms with van der Waals surface area (Å²) in [6.45, 7) is 3.86. The summed E-state index contributed by atoms with van der Waals surface area (Å²) in [7, 11) is 2.11. The maximum absolute atomic E-state index is 5.42. The Morgan fingerprint density at radius 3 is 2.46 bits per heavy atom. The Morgan fingerprint density at radius 1 is 1.15 bits per heavy atom. The molecule has 0 aliphatic rings. The first-order valence-electron chi connectivity index (χ1n) is 4.96. The lowest BCUT2D eigenvalue weighted by atomic mass is 9.95. The Morgan fingerprint density at radius 2 is 1.85 bits per heavy atom. The first-order chi connectivity index (χ1) is 6.33. The van der Waals surface area contributed by atoms with E-state index in [1.54, 1.807) is 0 Å². The molecule has 0 unspecified atom stereocenters. The summed E-state index contributed by atoms with van der Waals surface area (Å²) in [5.41, 5.74) is 2.68. The number of ether oxygens (including phenoxy) is 1. The maximum atomic E-state index is 5.42. The molecule has 70 valence electrons. The lowest BCUT2D eigenvalue weighted by Gasteiger charge is -2.02. The fourth-order valence-corrected chi connectivity index (χ4v) is 1.19. The number of rotatable bonds is 5. The zero-order valence-electron chi connectivity index (χ0n) is 8.55. The second-order valence-electron chi connectivity index (χ2n) is 3.35. The Kier molecular flexibility index (Phi) is 4.62. The minimum atomic E-state index is 0.844. The Labute approximate surface area is 81.5 Å². The van der Waals surface area contributed by atoms with Gasteiger partial charge in [0, 0.05) is 6.61 Å². The molecule has 0 aromatic heterocycles. The van der Waals surface area contributed by atoms with Gasteiger partial charge in [0.2, 0.25) is 0 Å². The highest BCUT2D eigenvalue weighted by Crippen LogP contribution is 1.98. The van der Waals surface area contributed by atoms with Gasteiger partial charge in [-0.15, -0.1) is 0 Å². The smallest absolute Gasteiger partial charge is 0.139 e. The Balaban J connectivity index is 2.25. The SMILES string of the molecule is Bc1ccc(CCOCCC)cc1. The van der Waals surface area contributed by atoms with Crippen LogP contribution in [0.15, 0.2) is 24.3 Å². The summed E-state index contributed by atoms with van der Waals surface area (Å²) in [6, 6.07) is 8.64. The van der Waals surface area contributed by atoms with Crippen molar-refractivity contribution in [1.29, 1.82) is 0 Å². The van der Waals surface area contributed by atoms with E-state index >= 15 is 0 Å². The van der Waals surface area contributed by atoms with Crippen molar-refractivity contribution in [2.24, 2.45) is 0 Å². The lowest BCUT2D eigenvalue weighted by Crippen LogP contribution is -2.03. The molecule has 2 heteroatoms. The van der Waals surface area contributed by atoms with Crippen LogP contribution >= 0.6 is 0 Å². The van der Waals surface area contributed by atoms with Gasteiger partial charge in [0.15, 0.2) is 0 Å². The third-order valence-electron chi connectivity index (χ3n) is 2.00. The molecule has 0 heterocycles. The predicted molar refractivity (Wildman–Crippen MR) is 59.4 cm³/mol. The first-order valence-corrected chi connectivity index (χ1v) is 4.96. The third-order valence-corrected chi connectivity index (χ3v) is 2.00. The van der Waals surface area contributed by atoms with Crippen molar-refractivity contribution < 1.29 is 4.74 Å². The molecule has 0 N–H and O–H groups in total. The molecule has 0 aliphatic heterocycles. The molecule has 1 nitrogen and oxygen atoms in total. The molecule has 0 saturated carbocycles. The highest BCUT2D eigenvalue weighted by atomic mass is 16.5. The monoisotopic (exact) mass is 176 g/mol. The summed E-state index contributed by atoms with van der Waals surface area (Å²) in [5.74, 6) is 0. The molecule has 0 atom stereocenters. The average Bonchev–Trinajstić information content (AvgIpc) is 2.15. The van der Waals surface area contributed by atoms with Crippen LogP contribution in [0.1, 0.15) is 18.9 Å². The minimum Gasteiger partial charge on any atom is -0.381 e. The van der Waals surface area contributed by atoms with E-state index in [9.17, 15) is 0 Å². The fourth-order valence-electron chi connectivity index (χ4n) is 1.19. The molecular formula is C11H17BO. The lowest BCUT2D eigenvalue weighted by molar-refractivity contribution is 0.138. The van der Waals surface area contributed by atoms with Crippen molar-refractivity contribution in [3.8, 4) is 0 Å². The van der Waals surface area contributed by atoms with Gasteiger partial charge in [0.1, 0.15) is 7.85 Å². The Hall–Kier alpha value is -0.755. The van der Waals surface area contributed by atoms with Crippen LogP contribution in [0.2, 0.25) is 0 Å². The molecule has 1 aromatic carbocycles. The average molecular weight is 176 g/mol. The molecule has 1 rings (SSSR count). The van der Waals surface area contributed by atoms with Gasteiger partial charge in [-0.05, 0) is 18.4 Å². The number of hydrogen-bond donors (Lipinski definition) is 0. The first kappa shape index (κ1) is 10.3. The summed E-state index contributed by atoms with van der Waals surface area (Å²) < 4.78 is 5.42. The maximum Gasteiger partial charge on any atom is 0.139 e. The second-order valence-corrected chi connectivity index (χ2v) is 3.35. The van der Waals surface area contributed by atoms with E-state index in [0.717, 1.165) is 26.1 Å². The van der Waals surface area contributed by atoms with Gasteiger partial charge in [-0.25, -0.2) is 0 Å². The minimum absolute atomic E-state index is 0.844. The van der Waals surface area contributed by atoms with E-state index in [0.29, 0.717) is 0 Å². The summed E-state index contributed by atoms with van der Waals surface area (Å²) in [5, 5.41) is 0. The van der Waals surface area contributed by atoms with E-state index in [4.69, 9.17) is 4.74 Å². The quantitative estimate of drug-likeness (QED) is 0.478. The zero-order valence-corrected chi connectivity index (χ0v) is 8.55. The van der Waals surface area contributed by atoms with Crippen molar-refractivity contribution in [2.75, 3.05) is 13.2 Å². The van der Waals surface area contributed by atoms with Crippen molar-refractivity contribution in [3.63, 3.8) is 0 Å². The van der Waals surface area contributed by atoms with Gasteiger partial charge in [0.25, 0.3) is 0 Å². The molecule has 0 amide bonds. The topological polar surface area (TPSA) is 9.23 Å². The van der Waals surface area contributed by atoms with Gasteiger partial charge < -0.3 is 4.74 Å². The van der Waals surface area contributed by atoms with Crippen molar-refractivity contribution in [2.45, 2.75) is 19.8 Å². The largest absolute Gasteiger partial charge is 0.381 e. The molecule has 0 aliphatic carbocycles. The summed E-state index contributed by atoms with van der Waals surface area (Å²) >= 11 is 0. The second kappa shape index (κ2) is 5.82. The van der Waals surface area contributed by atoms with Gasteiger partial charge in [-0.1, -0.05) is 36.7 Å². The van der Waals surface area contributed by atoms with E-state index < -0.39 is 0 Å². The van der Waals surface area contributed by atoms with Gasteiger partial charge in [0.05, 0.1) is 6.61 Å². The standard InChI is InChI=1S/C11H17BO/c1-2-8-13-9-7-10-3-5-11(12)6-4-10/h3-6H,2,7-9,12H2,1H3. The number of benzene rings is 1. The summed E-state index contributed by atoms with van der Waals surface area (Å²) in [6.07, 6.45) is 2.13. The number of hydrogen-bond acceptors (Lipinski definition) is 1. The highest BCUT2D eigenvalue weighted by Gasteiger charge is 1.92.